The zero-order chi connectivity index (χ0) is 11.7. The number of halogens is 1. The minimum atomic E-state index is -0.333. The number of aromatic amines is 1. The Bertz CT molecular complexity index is 655. The van der Waals surface area contributed by atoms with Crippen molar-refractivity contribution in [2.75, 3.05) is 7.11 Å². The van der Waals surface area contributed by atoms with Crippen LogP contribution in [0, 0.1) is 11.3 Å². The number of hydrogen-bond acceptors (Lipinski definition) is 3. The van der Waals surface area contributed by atoms with E-state index in [0.29, 0.717) is 21.7 Å². The molecule has 0 amide bonds. The van der Waals surface area contributed by atoms with Crippen molar-refractivity contribution in [1.82, 2.24) is 4.98 Å². The minimum absolute atomic E-state index is 0.0636. The molecule has 0 atom stereocenters. The molecule has 1 heterocycles. The van der Waals surface area contributed by atoms with Crippen molar-refractivity contribution >= 4 is 22.5 Å². The van der Waals surface area contributed by atoms with Crippen molar-refractivity contribution in [1.29, 1.82) is 5.26 Å². The third-order valence-electron chi connectivity index (χ3n) is 2.27. The maximum absolute atomic E-state index is 11.8. The van der Waals surface area contributed by atoms with Crippen molar-refractivity contribution in [2.24, 2.45) is 0 Å². The Labute approximate surface area is 96.0 Å². The van der Waals surface area contributed by atoms with Gasteiger partial charge in [0.05, 0.1) is 17.6 Å². The molecule has 0 aliphatic carbocycles. The Morgan fingerprint density at radius 3 is 2.88 bits per heavy atom. The zero-order valence-electron chi connectivity index (χ0n) is 8.37. The van der Waals surface area contributed by atoms with Gasteiger partial charge in [-0.2, -0.15) is 5.26 Å². The molecule has 1 N–H and O–H groups in total. The van der Waals surface area contributed by atoms with Crippen LogP contribution in [0.5, 0.6) is 5.75 Å². The monoisotopic (exact) mass is 234 g/mol. The van der Waals surface area contributed by atoms with Crippen molar-refractivity contribution in [3.8, 4) is 11.8 Å². The Hall–Kier alpha value is -1.99. The highest BCUT2D eigenvalue weighted by Gasteiger charge is 2.08. The highest BCUT2D eigenvalue weighted by Crippen LogP contribution is 2.27. The molecule has 0 aliphatic rings. The van der Waals surface area contributed by atoms with Crippen LogP contribution < -0.4 is 10.2 Å². The average molecular weight is 235 g/mol. The zero-order valence-corrected chi connectivity index (χ0v) is 9.13. The number of H-pyrrole nitrogens is 1. The fourth-order valence-corrected chi connectivity index (χ4v) is 1.70. The summed E-state index contributed by atoms with van der Waals surface area (Å²) in [7, 11) is 1.49. The largest absolute Gasteiger partial charge is 0.495 e. The van der Waals surface area contributed by atoms with Gasteiger partial charge >= 0.3 is 0 Å². The second kappa shape index (κ2) is 3.87. The molecule has 0 saturated carbocycles. The Balaban J connectivity index is 2.88. The van der Waals surface area contributed by atoms with Gasteiger partial charge in [-0.3, -0.25) is 4.79 Å². The van der Waals surface area contributed by atoms with E-state index < -0.39 is 0 Å². The number of aromatic nitrogens is 1. The molecule has 0 aliphatic heterocycles. The van der Waals surface area contributed by atoms with Crippen LogP contribution in [-0.2, 0) is 0 Å². The van der Waals surface area contributed by atoms with Crippen molar-refractivity contribution in [2.45, 2.75) is 0 Å². The van der Waals surface area contributed by atoms with Gasteiger partial charge < -0.3 is 9.72 Å². The number of nitrogens with one attached hydrogen (secondary N) is 1. The molecule has 1 aromatic heterocycles. The lowest BCUT2D eigenvalue weighted by Crippen LogP contribution is -2.07. The first kappa shape index (κ1) is 10.5. The molecular weight excluding hydrogens is 228 g/mol. The minimum Gasteiger partial charge on any atom is -0.495 e. The number of nitrogens with zero attached hydrogens (tertiary/aromatic N) is 1. The lowest BCUT2D eigenvalue weighted by molar-refractivity contribution is 0.415. The van der Waals surface area contributed by atoms with Gasteiger partial charge in [0.1, 0.15) is 17.4 Å². The van der Waals surface area contributed by atoms with E-state index >= 15 is 0 Å². The van der Waals surface area contributed by atoms with Crippen LogP contribution in [0.1, 0.15) is 5.56 Å². The van der Waals surface area contributed by atoms with Crippen LogP contribution in [0.3, 0.4) is 0 Å². The maximum atomic E-state index is 11.8. The number of fused-ring (bicyclic) bond motifs is 1. The van der Waals surface area contributed by atoms with E-state index in [0.717, 1.165) is 0 Å². The lowest BCUT2D eigenvalue weighted by Gasteiger charge is -2.04. The summed E-state index contributed by atoms with van der Waals surface area (Å²) in [5.41, 5.74) is 0.319. The predicted octanol–water partition coefficient (Wildman–Crippen LogP) is 2.06. The Morgan fingerprint density at radius 1 is 1.50 bits per heavy atom. The summed E-state index contributed by atoms with van der Waals surface area (Å²) in [4.78, 5) is 14.6. The average Bonchev–Trinajstić information content (AvgIpc) is 2.30. The van der Waals surface area contributed by atoms with E-state index in [4.69, 9.17) is 21.6 Å². The summed E-state index contributed by atoms with van der Waals surface area (Å²) in [5, 5.41) is 9.44. The van der Waals surface area contributed by atoms with Gasteiger partial charge in [0, 0.05) is 17.6 Å². The summed E-state index contributed by atoms with van der Waals surface area (Å²) in [5.74, 6) is 0.481. The van der Waals surface area contributed by atoms with Gasteiger partial charge in [0.2, 0.25) is 5.43 Å². The first-order valence-electron chi connectivity index (χ1n) is 4.46. The van der Waals surface area contributed by atoms with E-state index in [1.54, 1.807) is 6.07 Å². The molecule has 0 bridgehead atoms. The topological polar surface area (TPSA) is 65.9 Å². The van der Waals surface area contributed by atoms with Crippen molar-refractivity contribution < 1.29 is 4.74 Å². The molecule has 1 aromatic carbocycles. The van der Waals surface area contributed by atoms with Crippen LogP contribution in [-0.4, -0.2) is 12.1 Å². The molecule has 0 unspecified atom stereocenters. The standard InChI is InChI=1S/C11H7ClN2O2/c1-16-10-3-9-7(2-8(10)12)11(15)6(4-13)5-14-9/h2-3,5H,1H3,(H,14,15). The normalized spacial score (nSPS) is 10.1. The molecule has 0 radical (unpaired) electrons. The van der Waals surface area contributed by atoms with Crippen molar-refractivity contribution in [3.63, 3.8) is 0 Å². The SMILES string of the molecule is COc1cc2[nH]cc(C#N)c(=O)c2cc1Cl. The molecule has 2 rings (SSSR count). The summed E-state index contributed by atoms with van der Waals surface area (Å²) >= 11 is 5.91. The predicted molar refractivity (Wildman–Crippen MR) is 60.8 cm³/mol. The number of nitriles is 1. The van der Waals surface area contributed by atoms with E-state index in [1.165, 1.54) is 19.4 Å². The van der Waals surface area contributed by atoms with Crippen LogP contribution in [0.15, 0.2) is 23.1 Å². The second-order valence-electron chi connectivity index (χ2n) is 3.18. The van der Waals surface area contributed by atoms with E-state index in [2.05, 4.69) is 4.98 Å². The number of rotatable bonds is 1. The molecule has 80 valence electrons. The first-order valence-corrected chi connectivity index (χ1v) is 4.84. The highest BCUT2D eigenvalue weighted by molar-refractivity contribution is 6.32. The molecule has 0 saturated heterocycles. The van der Waals surface area contributed by atoms with Crippen LogP contribution in [0.4, 0.5) is 0 Å². The van der Waals surface area contributed by atoms with E-state index in [9.17, 15) is 4.79 Å². The van der Waals surface area contributed by atoms with Crippen molar-refractivity contribution in [3.05, 3.63) is 39.1 Å². The Morgan fingerprint density at radius 2 is 2.25 bits per heavy atom. The third kappa shape index (κ3) is 1.51. The summed E-state index contributed by atoms with van der Waals surface area (Å²) < 4.78 is 5.03. The summed E-state index contributed by atoms with van der Waals surface area (Å²) in [6, 6.07) is 4.94. The number of pyridine rings is 1. The molecule has 4 nitrogen and oxygen atoms in total. The molecule has 5 heteroatoms. The van der Waals surface area contributed by atoms with Crippen LogP contribution >= 0.6 is 11.6 Å². The van der Waals surface area contributed by atoms with Gasteiger partial charge in [-0.1, -0.05) is 11.6 Å². The third-order valence-corrected chi connectivity index (χ3v) is 2.57. The summed E-state index contributed by atoms with van der Waals surface area (Å²) in [6.45, 7) is 0. The molecule has 0 fully saturated rings. The number of ether oxygens (including phenoxy) is 1. The fourth-order valence-electron chi connectivity index (χ4n) is 1.46. The number of methoxy groups -OCH3 is 1. The van der Waals surface area contributed by atoms with Gasteiger partial charge in [0.25, 0.3) is 0 Å². The second-order valence-corrected chi connectivity index (χ2v) is 3.58. The molecule has 16 heavy (non-hydrogen) atoms. The van der Waals surface area contributed by atoms with E-state index in [-0.39, 0.29) is 11.0 Å². The van der Waals surface area contributed by atoms with Crippen LogP contribution in [0.25, 0.3) is 10.9 Å². The van der Waals surface area contributed by atoms with E-state index in [1.807, 2.05) is 6.07 Å². The number of hydrogen-bond donors (Lipinski definition) is 1. The van der Waals surface area contributed by atoms with Gasteiger partial charge in [0.15, 0.2) is 0 Å². The fraction of sp³-hybridized carbons (Fsp3) is 0.0909. The summed E-state index contributed by atoms with van der Waals surface area (Å²) in [6.07, 6.45) is 1.37. The maximum Gasteiger partial charge on any atom is 0.207 e. The van der Waals surface area contributed by atoms with Gasteiger partial charge in [-0.15, -0.1) is 0 Å². The molecule has 0 spiro atoms. The first-order chi connectivity index (χ1) is 7.67. The lowest BCUT2D eigenvalue weighted by atomic mass is 10.1. The molecule has 2 aromatic rings. The Kier molecular flexibility index (Phi) is 2.55. The quantitative estimate of drug-likeness (QED) is 0.821. The van der Waals surface area contributed by atoms with Gasteiger partial charge in [-0.25, -0.2) is 0 Å². The smallest absolute Gasteiger partial charge is 0.207 e. The number of benzene rings is 1. The highest BCUT2D eigenvalue weighted by atomic mass is 35.5. The van der Waals surface area contributed by atoms with Crippen LogP contribution in [0.2, 0.25) is 5.02 Å². The van der Waals surface area contributed by atoms with Gasteiger partial charge in [-0.05, 0) is 6.07 Å². The molecular formula is C11H7ClN2O2.